The number of rotatable bonds is 3. The van der Waals surface area contributed by atoms with Gasteiger partial charge in [-0.3, -0.25) is 14.9 Å². The van der Waals surface area contributed by atoms with Crippen LogP contribution in [0.3, 0.4) is 0 Å². The fourth-order valence-electron chi connectivity index (χ4n) is 1.96. The summed E-state index contributed by atoms with van der Waals surface area (Å²) in [5, 5.41) is 13.5. The van der Waals surface area contributed by atoms with Crippen molar-refractivity contribution in [1.29, 1.82) is 0 Å². The van der Waals surface area contributed by atoms with Gasteiger partial charge in [-0.1, -0.05) is 12.1 Å². The number of amides is 1. The molecule has 108 valence electrons. The summed E-state index contributed by atoms with van der Waals surface area (Å²) in [6.45, 7) is 3.58. The summed E-state index contributed by atoms with van der Waals surface area (Å²) < 4.78 is 0.895. The molecule has 1 N–H and O–H groups in total. The molecule has 0 fully saturated rings. The topological polar surface area (TPSA) is 72.2 Å². The van der Waals surface area contributed by atoms with Crippen LogP contribution < -0.4 is 5.32 Å². The van der Waals surface area contributed by atoms with E-state index in [9.17, 15) is 14.9 Å². The highest BCUT2D eigenvalue weighted by Crippen LogP contribution is 2.23. The number of halogens is 1. The molecule has 0 aliphatic heterocycles. The van der Waals surface area contributed by atoms with E-state index < -0.39 is 4.92 Å². The third kappa shape index (κ3) is 3.38. The minimum Gasteiger partial charge on any atom is -0.322 e. The van der Waals surface area contributed by atoms with Gasteiger partial charge in [0.15, 0.2) is 0 Å². The summed E-state index contributed by atoms with van der Waals surface area (Å²) in [5.74, 6) is -0.226. The second-order valence-corrected chi connectivity index (χ2v) is 5.73. The van der Waals surface area contributed by atoms with Crippen LogP contribution in [0.25, 0.3) is 0 Å². The zero-order valence-corrected chi connectivity index (χ0v) is 13.7. The third-order valence-corrected chi connectivity index (χ3v) is 4.52. The summed E-state index contributed by atoms with van der Waals surface area (Å²) in [5.41, 5.74) is 2.71. The highest BCUT2D eigenvalue weighted by Gasteiger charge is 2.14. The van der Waals surface area contributed by atoms with Crippen LogP contribution in [0.4, 0.5) is 11.4 Å². The van der Waals surface area contributed by atoms with E-state index in [1.807, 2.05) is 19.1 Å². The second-order valence-electron chi connectivity index (χ2n) is 4.65. The Kier molecular flexibility index (Phi) is 4.56. The molecule has 2 aromatic carbocycles. The van der Waals surface area contributed by atoms with Crippen LogP contribution in [0.2, 0.25) is 0 Å². The van der Waals surface area contributed by atoms with Crippen molar-refractivity contribution in [3.05, 3.63) is 66.8 Å². The van der Waals surface area contributed by atoms with E-state index in [0.29, 0.717) is 16.8 Å². The van der Waals surface area contributed by atoms with E-state index in [1.165, 1.54) is 12.1 Å². The van der Waals surface area contributed by atoms with E-state index in [2.05, 4.69) is 27.9 Å². The smallest absolute Gasteiger partial charge is 0.272 e. The lowest BCUT2D eigenvalue weighted by molar-refractivity contribution is -0.385. The number of hydrogen-bond acceptors (Lipinski definition) is 3. The van der Waals surface area contributed by atoms with Crippen LogP contribution in [-0.4, -0.2) is 10.8 Å². The van der Waals surface area contributed by atoms with Gasteiger partial charge in [0.25, 0.3) is 11.6 Å². The van der Waals surface area contributed by atoms with Crippen LogP contribution in [0.5, 0.6) is 0 Å². The number of benzene rings is 2. The summed E-state index contributed by atoms with van der Waals surface area (Å²) in [7, 11) is 0. The van der Waals surface area contributed by atoms with Gasteiger partial charge in [-0.2, -0.15) is 0 Å². The lowest BCUT2D eigenvalue weighted by Crippen LogP contribution is -2.14. The van der Waals surface area contributed by atoms with Gasteiger partial charge in [0.05, 0.1) is 10.5 Å². The number of carbonyl (C=O) groups excluding carboxylic acids is 1. The van der Waals surface area contributed by atoms with Gasteiger partial charge < -0.3 is 5.32 Å². The minimum absolute atomic E-state index is 0.0399. The van der Waals surface area contributed by atoms with Gasteiger partial charge in [-0.05, 0) is 60.2 Å². The number of nitrogens with one attached hydrogen (secondary N) is 1. The lowest BCUT2D eigenvalue weighted by atomic mass is 10.1. The Morgan fingerprint density at radius 3 is 2.52 bits per heavy atom. The first-order valence-electron chi connectivity index (χ1n) is 6.21. The number of aryl methyl sites for hydroxylation is 2. The van der Waals surface area contributed by atoms with Crippen molar-refractivity contribution in [3.8, 4) is 0 Å². The van der Waals surface area contributed by atoms with Gasteiger partial charge in [-0.15, -0.1) is 0 Å². The SMILES string of the molecule is Cc1cc(NC(=O)c2cccc(C)c2I)ccc1[N+](=O)[O-]. The lowest BCUT2D eigenvalue weighted by Gasteiger charge is -2.09. The number of nitrogens with zero attached hydrogens (tertiary/aromatic N) is 1. The largest absolute Gasteiger partial charge is 0.322 e. The molecule has 0 saturated carbocycles. The molecule has 0 saturated heterocycles. The van der Waals surface area contributed by atoms with E-state index in [-0.39, 0.29) is 11.6 Å². The summed E-state index contributed by atoms with van der Waals surface area (Å²) in [6, 6.07) is 10.0. The van der Waals surface area contributed by atoms with E-state index in [0.717, 1.165) is 9.13 Å². The van der Waals surface area contributed by atoms with Gasteiger partial charge in [0.2, 0.25) is 0 Å². The van der Waals surface area contributed by atoms with Crippen LogP contribution in [0.1, 0.15) is 21.5 Å². The first-order chi connectivity index (χ1) is 9.90. The zero-order chi connectivity index (χ0) is 15.6. The maximum atomic E-state index is 12.3. The van der Waals surface area contributed by atoms with Crippen molar-refractivity contribution >= 4 is 39.9 Å². The molecule has 0 unspecified atom stereocenters. The first kappa shape index (κ1) is 15.4. The highest BCUT2D eigenvalue weighted by molar-refractivity contribution is 14.1. The molecule has 1 amide bonds. The maximum Gasteiger partial charge on any atom is 0.272 e. The monoisotopic (exact) mass is 396 g/mol. The van der Waals surface area contributed by atoms with Crippen molar-refractivity contribution < 1.29 is 9.72 Å². The summed E-state index contributed by atoms with van der Waals surface area (Å²) in [6.07, 6.45) is 0. The number of nitro groups is 1. The molecule has 0 heterocycles. The summed E-state index contributed by atoms with van der Waals surface area (Å²) in [4.78, 5) is 22.6. The van der Waals surface area contributed by atoms with Crippen molar-refractivity contribution in [2.75, 3.05) is 5.32 Å². The average molecular weight is 396 g/mol. The predicted octanol–water partition coefficient (Wildman–Crippen LogP) is 4.07. The fraction of sp³-hybridized carbons (Fsp3) is 0.133. The quantitative estimate of drug-likeness (QED) is 0.483. The second kappa shape index (κ2) is 6.21. The van der Waals surface area contributed by atoms with Gasteiger partial charge in [0.1, 0.15) is 0 Å². The molecule has 0 aliphatic rings. The number of hydrogen-bond donors (Lipinski definition) is 1. The van der Waals surface area contributed by atoms with Crippen molar-refractivity contribution in [2.24, 2.45) is 0 Å². The standard InChI is InChI=1S/C15H13IN2O3/c1-9-4-3-5-12(14(9)16)15(19)17-11-6-7-13(18(20)21)10(2)8-11/h3-8H,1-2H3,(H,17,19). The Bertz CT molecular complexity index is 729. The Hall–Kier alpha value is -1.96. The maximum absolute atomic E-state index is 12.3. The molecule has 0 radical (unpaired) electrons. The highest BCUT2D eigenvalue weighted by atomic mass is 127. The fourth-order valence-corrected chi connectivity index (χ4v) is 2.56. The first-order valence-corrected chi connectivity index (χ1v) is 7.29. The molecular formula is C15H13IN2O3. The average Bonchev–Trinajstić information content (AvgIpc) is 2.41. The summed E-state index contributed by atoms with van der Waals surface area (Å²) >= 11 is 2.13. The molecule has 0 spiro atoms. The molecule has 0 atom stereocenters. The number of carbonyl (C=O) groups is 1. The molecule has 2 rings (SSSR count). The normalized spacial score (nSPS) is 10.2. The molecule has 5 nitrogen and oxygen atoms in total. The molecule has 0 aliphatic carbocycles. The van der Waals surface area contributed by atoms with Crippen LogP contribution in [0.15, 0.2) is 36.4 Å². The zero-order valence-electron chi connectivity index (χ0n) is 11.5. The predicted molar refractivity (Wildman–Crippen MR) is 89.7 cm³/mol. The van der Waals surface area contributed by atoms with Crippen LogP contribution in [-0.2, 0) is 0 Å². The van der Waals surface area contributed by atoms with Gasteiger partial charge >= 0.3 is 0 Å². The van der Waals surface area contributed by atoms with Gasteiger partial charge in [-0.25, -0.2) is 0 Å². The number of nitro benzene ring substituents is 1. The molecular weight excluding hydrogens is 383 g/mol. The molecule has 0 bridgehead atoms. The minimum atomic E-state index is -0.440. The third-order valence-electron chi connectivity index (χ3n) is 3.09. The Morgan fingerprint density at radius 1 is 1.19 bits per heavy atom. The van der Waals surface area contributed by atoms with E-state index in [1.54, 1.807) is 19.1 Å². The van der Waals surface area contributed by atoms with Crippen LogP contribution in [0, 0.1) is 27.5 Å². The van der Waals surface area contributed by atoms with Gasteiger partial charge in [0, 0.05) is 20.9 Å². The van der Waals surface area contributed by atoms with E-state index in [4.69, 9.17) is 0 Å². The van der Waals surface area contributed by atoms with E-state index >= 15 is 0 Å². The molecule has 21 heavy (non-hydrogen) atoms. The van der Waals surface area contributed by atoms with Crippen molar-refractivity contribution in [3.63, 3.8) is 0 Å². The van der Waals surface area contributed by atoms with Crippen LogP contribution >= 0.6 is 22.6 Å². The molecule has 2 aromatic rings. The Labute approximate surface area is 135 Å². The Balaban J connectivity index is 2.26. The van der Waals surface area contributed by atoms with Crippen molar-refractivity contribution in [2.45, 2.75) is 13.8 Å². The molecule has 6 heteroatoms. The van der Waals surface area contributed by atoms with Crippen molar-refractivity contribution in [1.82, 2.24) is 0 Å². The Morgan fingerprint density at radius 2 is 1.90 bits per heavy atom. The number of anilines is 1. The molecule has 0 aromatic heterocycles.